The number of amides is 1. The van der Waals surface area contributed by atoms with Gasteiger partial charge in [0.15, 0.2) is 5.78 Å². The van der Waals surface area contributed by atoms with Gasteiger partial charge in [-0.2, -0.15) is 0 Å². The molecule has 1 aromatic heterocycles. The monoisotopic (exact) mass is 383 g/mol. The standard InChI is InChI=1S/C19H17N3O4S/c1-11-18(27-22-21-11)26-19(24)20-15-7-4-13(5-8-15)16-10-14(12(2)23)6-9-17(16)25-3/h4-10H,1-3H3,(H,20,24). The van der Waals surface area contributed by atoms with Crippen molar-refractivity contribution in [2.75, 3.05) is 12.4 Å². The molecule has 2 aromatic carbocycles. The molecule has 0 fully saturated rings. The summed E-state index contributed by atoms with van der Waals surface area (Å²) in [5, 5.41) is 6.79. The van der Waals surface area contributed by atoms with Crippen molar-refractivity contribution in [1.29, 1.82) is 0 Å². The van der Waals surface area contributed by atoms with E-state index in [-0.39, 0.29) is 5.78 Å². The molecule has 0 aliphatic heterocycles. The Kier molecular flexibility index (Phi) is 5.46. The molecule has 1 amide bonds. The van der Waals surface area contributed by atoms with Crippen molar-refractivity contribution in [3.8, 4) is 21.9 Å². The number of rotatable bonds is 5. The van der Waals surface area contributed by atoms with Gasteiger partial charge in [0.25, 0.3) is 0 Å². The van der Waals surface area contributed by atoms with E-state index in [1.807, 2.05) is 12.1 Å². The van der Waals surface area contributed by atoms with Crippen LogP contribution in [0.25, 0.3) is 11.1 Å². The summed E-state index contributed by atoms with van der Waals surface area (Å²) in [5.74, 6) is 0.640. The highest BCUT2D eigenvalue weighted by atomic mass is 32.1. The number of nitrogens with one attached hydrogen (secondary N) is 1. The van der Waals surface area contributed by atoms with Gasteiger partial charge in [0, 0.05) is 28.3 Å². The number of aryl methyl sites for hydroxylation is 1. The maximum absolute atomic E-state index is 12.0. The highest BCUT2D eigenvalue weighted by Crippen LogP contribution is 2.32. The molecule has 1 heterocycles. The zero-order valence-electron chi connectivity index (χ0n) is 15.0. The van der Waals surface area contributed by atoms with E-state index in [2.05, 4.69) is 14.9 Å². The summed E-state index contributed by atoms with van der Waals surface area (Å²) in [5.41, 5.74) is 3.38. The Hall–Kier alpha value is -3.26. The Labute approximate surface area is 160 Å². The third kappa shape index (κ3) is 4.29. The molecule has 27 heavy (non-hydrogen) atoms. The first kappa shape index (κ1) is 18.5. The van der Waals surface area contributed by atoms with Crippen molar-refractivity contribution in [3.05, 3.63) is 53.7 Å². The van der Waals surface area contributed by atoms with Crippen LogP contribution >= 0.6 is 11.5 Å². The molecule has 0 bridgehead atoms. The summed E-state index contributed by atoms with van der Waals surface area (Å²) in [7, 11) is 1.58. The SMILES string of the molecule is COc1ccc(C(C)=O)cc1-c1ccc(NC(=O)Oc2snnc2C)cc1. The van der Waals surface area contributed by atoms with Crippen LogP contribution in [0.2, 0.25) is 0 Å². The van der Waals surface area contributed by atoms with Crippen molar-refractivity contribution < 1.29 is 19.1 Å². The zero-order valence-corrected chi connectivity index (χ0v) is 15.8. The molecular weight excluding hydrogens is 366 g/mol. The van der Waals surface area contributed by atoms with Gasteiger partial charge in [0.1, 0.15) is 11.4 Å². The normalized spacial score (nSPS) is 10.3. The van der Waals surface area contributed by atoms with Crippen LogP contribution < -0.4 is 14.8 Å². The quantitative estimate of drug-likeness (QED) is 0.659. The molecule has 0 spiro atoms. The second-order valence-corrected chi connectivity index (χ2v) is 6.43. The lowest BCUT2D eigenvalue weighted by Crippen LogP contribution is -2.16. The number of methoxy groups -OCH3 is 1. The van der Waals surface area contributed by atoms with Crippen molar-refractivity contribution in [1.82, 2.24) is 9.59 Å². The zero-order chi connectivity index (χ0) is 19.4. The van der Waals surface area contributed by atoms with Crippen molar-refractivity contribution in [2.24, 2.45) is 0 Å². The van der Waals surface area contributed by atoms with Crippen LogP contribution in [0.3, 0.4) is 0 Å². The smallest absolute Gasteiger partial charge is 0.418 e. The first-order chi connectivity index (χ1) is 13.0. The van der Waals surface area contributed by atoms with Gasteiger partial charge < -0.3 is 9.47 Å². The van der Waals surface area contributed by atoms with Gasteiger partial charge >= 0.3 is 6.09 Å². The Morgan fingerprint density at radius 2 is 1.85 bits per heavy atom. The minimum absolute atomic E-state index is 0.0206. The minimum atomic E-state index is -0.618. The van der Waals surface area contributed by atoms with Crippen LogP contribution in [0.5, 0.6) is 10.8 Å². The summed E-state index contributed by atoms with van der Waals surface area (Å²) in [6, 6.07) is 12.4. The number of carbonyl (C=O) groups excluding carboxylic acids is 2. The summed E-state index contributed by atoms with van der Waals surface area (Å²) >= 11 is 1.01. The summed E-state index contributed by atoms with van der Waals surface area (Å²) in [6.45, 7) is 3.23. The lowest BCUT2D eigenvalue weighted by Gasteiger charge is -2.11. The molecule has 0 aliphatic rings. The van der Waals surface area contributed by atoms with Crippen LogP contribution in [-0.2, 0) is 0 Å². The molecule has 0 saturated carbocycles. The molecule has 138 valence electrons. The van der Waals surface area contributed by atoms with Crippen molar-refractivity contribution in [3.63, 3.8) is 0 Å². The first-order valence-corrected chi connectivity index (χ1v) is 8.82. The second-order valence-electron chi connectivity index (χ2n) is 5.71. The maximum atomic E-state index is 12.0. The molecule has 0 radical (unpaired) electrons. The van der Waals surface area contributed by atoms with Crippen LogP contribution in [0, 0.1) is 6.92 Å². The average molecular weight is 383 g/mol. The number of hydrogen-bond donors (Lipinski definition) is 1. The van der Waals surface area contributed by atoms with E-state index in [4.69, 9.17) is 9.47 Å². The van der Waals surface area contributed by atoms with Gasteiger partial charge in [-0.15, -0.1) is 5.10 Å². The van der Waals surface area contributed by atoms with E-state index in [0.29, 0.717) is 27.8 Å². The third-order valence-electron chi connectivity index (χ3n) is 3.84. The highest BCUT2D eigenvalue weighted by Gasteiger charge is 2.12. The van der Waals surface area contributed by atoms with E-state index >= 15 is 0 Å². The molecule has 3 aromatic rings. The van der Waals surface area contributed by atoms with Crippen LogP contribution in [0.15, 0.2) is 42.5 Å². The Balaban J connectivity index is 1.77. The number of ether oxygens (including phenoxy) is 2. The van der Waals surface area contributed by atoms with E-state index in [0.717, 1.165) is 22.7 Å². The molecule has 0 saturated heterocycles. The van der Waals surface area contributed by atoms with Gasteiger partial charge in [-0.3, -0.25) is 10.1 Å². The van der Waals surface area contributed by atoms with Gasteiger partial charge in [-0.25, -0.2) is 4.79 Å². The number of ketones is 1. The lowest BCUT2D eigenvalue weighted by atomic mass is 10.00. The topological polar surface area (TPSA) is 90.4 Å². The fraction of sp³-hybridized carbons (Fsp3) is 0.158. The minimum Gasteiger partial charge on any atom is -0.496 e. The van der Waals surface area contributed by atoms with E-state index in [1.54, 1.807) is 44.4 Å². The fourth-order valence-electron chi connectivity index (χ4n) is 2.43. The predicted octanol–water partition coefficient (Wildman–Crippen LogP) is 4.34. The molecule has 3 rings (SSSR count). The Morgan fingerprint density at radius 3 is 2.44 bits per heavy atom. The Bertz CT molecular complexity index is 983. The predicted molar refractivity (Wildman–Crippen MR) is 103 cm³/mol. The summed E-state index contributed by atoms with van der Waals surface area (Å²) in [4.78, 5) is 23.6. The number of nitrogens with zero attached hydrogens (tertiary/aromatic N) is 2. The molecule has 0 atom stereocenters. The van der Waals surface area contributed by atoms with Crippen molar-refractivity contribution >= 4 is 29.1 Å². The number of carbonyl (C=O) groups is 2. The molecule has 8 heteroatoms. The van der Waals surface area contributed by atoms with Gasteiger partial charge in [-0.05, 0) is 49.7 Å². The highest BCUT2D eigenvalue weighted by molar-refractivity contribution is 7.07. The molecule has 1 N–H and O–H groups in total. The molecule has 7 nitrogen and oxygen atoms in total. The number of hydrogen-bond acceptors (Lipinski definition) is 7. The average Bonchev–Trinajstić information content (AvgIpc) is 3.06. The van der Waals surface area contributed by atoms with E-state index in [1.165, 1.54) is 6.92 Å². The third-order valence-corrected chi connectivity index (χ3v) is 4.55. The fourth-order valence-corrected chi connectivity index (χ4v) is 2.95. The largest absolute Gasteiger partial charge is 0.496 e. The van der Waals surface area contributed by atoms with Crippen LogP contribution in [0.1, 0.15) is 23.0 Å². The maximum Gasteiger partial charge on any atom is 0.418 e. The summed E-state index contributed by atoms with van der Waals surface area (Å²) in [6.07, 6.45) is -0.618. The number of Topliss-reactive ketones (excluding diaryl/α,β-unsaturated/α-hetero) is 1. The van der Waals surface area contributed by atoms with Gasteiger partial charge in [0.2, 0.25) is 5.06 Å². The van der Waals surface area contributed by atoms with E-state index in [9.17, 15) is 9.59 Å². The second kappa shape index (κ2) is 7.96. The van der Waals surface area contributed by atoms with Gasteiger partial charge in [-0.1, -0.05) is 16.6 Å². The van der Waals surface area contributed by atoms with Crippen LogP contribution in [0.4, 0.5) is 10.5 Å². The van der Waals surface area contributed by atoms with Crippen LogP contribution in [-0.4, -0.2) is 28.6 Å². The first-order valence-electron chi connectivity index (χ1n) is 8.05. The number of aromatic nitrogens is 2. The van der Waals surface area contributed by atoms with Gasteiger partial charge in [0.05, 0.1) is 7.11 Å². The van der Waals surface area contributed by atoms with E-state index < -0.39 is 6.09 Å². The molecule has 0 aliphatic carbocycles. The molecule has 0 unspecified atom stereocenters. The summed E-state index contributed by atoms with van der Waals surface area (Å²) < 4.78 is 14.3. The lowest BCUT2D eigenvalue weighted by molar-refractivity contribution is 0.101. The number of anilines is 1. The number of benzene rings is 2. The Morgan fingerprint density at radius 1 is 1.11 bits per heavy atom. The van der Waals surface area contributed by atoms with Crippen molar-refractivity contribution in [2.45, 2.75) is 13.8 Å². The molecular formula is C19H17N3O4S.